The van der Waals surface area contributed by atoms with Gasteiger partial charge >= 0.3 is 0 Å². The Bertz CT molecular complexity index is 1050. The highest BCUT2D eigenvalue weighted by Gasteiger charge is 2.42. The zero-order valence-electron chi connectivity index (χ0n) is 20.5. The van der Waals surface area contributed by atoms with Crippen LogP contribution in [0.3, 0.4) is 0 Å². The summed E-state index contributed by atoms with van der Waals surface area (Å²) in [7, 11) is 1.62. The van der Waals surface area contributed by atoms with Gasteiger partial charge in [-0.3, -0.25) is 9.59 Å². The molecule has 3 aliphatic rings. The summed E-state index contributed by atoms with van der Waals surface area (Å²) in [6, 6.07) is 10.2. The van der Waals surface area contributed by atoms with Crippen LogP contribution in [0.15, 0.2) is 36.5 Å². The molecule has 3 saturated heterocycles. The highest BCUT2D eigenvalue weighted by Crippen LogP contribution is 2.38. The van der Waals surface area contributed by atoms with Crippen molar-refractivity contribution in [3.8, 4) is 5.75 Å². The molecule has 1 aromatic carbocycles. The number of nitrogens with zero attached hydrogens (tertiary/aromatic N) is 2. The van der Waals surface area contributed by atoms with Crippen molar-refractivity contribution >= 4 is 17.6 Å². The molecule has 2 bridgehead atoms. The maximum Gasteiger partial charge on any atom is 0.252 e. The number of amides is 2. The Labute approximate surface area is 206 Å². The summed E-state index contributed by atoms with van der Waals surface area (Å²) in [4.78, 5) is 32.6. The minimum Gasteiger partial charge on any atom is -0.496 e. The summed E-state index contributed by atoms with van der Waals surface area (Å²) in [6.07, 6.45) is 6.77. The predicted molar refractivity (Wildman–Crippen MR) is 135 cm³/mol. The molecule has 2 amide bonds. The first-order valence-electron chi connectivity index (χ1n) is 12.7. The Morgan fingerprint density at radius 3 is 2.57 bits per heavy atom. The number of aromatic nitrogens is 1. The second kappa shape index (κ2) is 10.2. The number of fused-ring (bicyclic) bond motifs is 2. The van der Waals surface area contributed by atoms with Crippen LogP contribution < -0.4 is 25.6 Å². The molecule has 186 valence electrons. The molecule has 0 saturated carbocycles. The molecule has 3 atom stereocenters. The molecule has 3 N–H and O–H groups in total. The van der Waals surface area contributed by atoms with E-state index in [4.69, 9.17) is 4.74 Å². The largest absolute Gasteiger partial charge is 0.496 e. The smallest absolute Gasteiger partial charge is 0.252 e. The molecule has 2 aromatic rings. The molecule has 0 radical (unpaired) electrons. The number of piperidine rings is 1. The van der Waals surface area contributed by atoms with Gasteiger partial charge in [-0.1, -0.05) is 6.07 Å². The van der Waals surface area contributed by atoms with Crippen molar-refractivity contribution in [2.45, 2.75) is 57.2 Å². The van der Waals surface area contributed by atoms with Gasteiger partial charge < -0.3 is 25.6 Å². The van der Waals surface area contributed by atoms with Gasteiger partial charge in [0.25, 0.3) is 11.8 Å². The Hall–Kier alpha value is -3.13. The lowest BCUT2D eigenvalue weighted by Crippen LogP contribution is -2.50. The molecule has 1 aromatic heterocycles. The van der Waals surface area contributed by atoms with Gasteiger partial charge in [-0.2, -0.15) is 0 Å². The number of rotatable bonds is 7. The second-order valence-electron chi connectivity index (χ2n) is 10.0. The van der Waals surface area contributed by atoms with E-state index in [9.17, 15) is 9.59 Å². The van der Waals surface area contributed by atoms with Crippen LogP contribution in [0.5, 0.6) is 5.75 Å². The Balaban J connectivity index is 1.19. The number of nitrogens with one attached hydrogen (secondary N) is 3. The molecule has 5 rings (SSSR count). The average molecular weight is 478 g/mol. The topological polar surface area (TPSA) is 95.6 Å². The number of methoxy groups -OCH3 is 1. The van der Waals surface area contributed by atoms with E-state index in [0.29, 0.717) is 35.7 Å². The first kappa shape index (κ1) is 23.6. The fraction of sp³-hybridized carbons (Fsp3) is 0.519. The number of pyridine rings is 1. The lowest BCUT2D eigenvalue weighted by Gasteiger charge is -2.40. The quantitative estimate of drug-likeness (QED) is 0.568. The lowest BCUT2D eigenvalue weighted by molar-refractivity contribution is 0.0923. The summed E-state index contributed by atoms with van der Waals surface area (Å²) >= 11 is 0. The van der Waals surface area contributed by atoms with Gasteiger partial charge in [-0.25, -0.2) is 4.98 Å². The molecule has 0 aliphatic carbocycles. The number of ether oxygens (including phenoxy) is 1. The summed E-state index contributed by atoms with van der Waals surface area (Å²) in [5.74, 6) is 2.06. The van der Waals surface area contributed by atoms with Gasteiger partial charge in [0.05, 0.1) is 12.7 Å². The molecule has 8 heteroatoms. The molecule has 3 aliphatic heterocycles. The zero-order chi connectivity index (χ0) is 24.4. The highest BCUT2D eigenvalue weighted by molar-refractivity contribution is 5.96. The van der Waals surface area contributed by atoms with Crippen LogP contribution in [-0.2, 0) is 0 Å². The first-order chi connectivity index (χ1) is 17.0. The molecule has 3 unspecified atom stereocenters. The average Bonchev–Trinajstić information content (AvgIpc) is 3.48. The van der Waals surface area contributed by atoms with Gasteiger partial charge in [0.2, 0.25) is 0 Å². The Morgan fingerprint density at radius 2 is 1.91 bits per heavy atom. The standard InChI is InChI=1S/C27H35N5O3/c1-17-23(4-3-5-24(17)35-2)27(34)31-20-12-21-7-8-22(13-20)32(21)25-9-6-19(16-29-25)26(33)30-15-18-10-11-28-14-18/h3-6,9,16,18,20-22,28H,7-8,10-15H2,1-2H3,(H,30,33)(H,31,34). The van der Waals surface area contributed by atoms with Crippen molar-refractivity contribution in [1.82, 2.24) is 20.9 Å². The van der Waals surface area contributed by atoms with Crippen molar-refractivity contribution in [1.29, 1.82) is 0 Å². The van der Waals surface area contributed by atoms with Crippen LogP contribution in [0.4, 0.5) is 5.82 Å². The SMILES string of the molecule is COc1cccc(C(=O)NC2CC3CCC(C2)N3c2ccc(C(=O)NCC3CCNC3)cn2)c1C. The normalized spacial score (nSPS) is 25.4. The minimum absolute atomic E-state index is 0.0406. The first-order valence-corrected chi connectivity index (χ1v) is 12.7. The number of hydrogen-bond donors (Lipinski definition) is 3. The van der Waals surface area contributed by atoms with Gasteiger partial charge in [-0.05, 0) is 82.3 Å². The van der Waals surface area contributed by atoms with Crippen molar-refractivity contribution in [2.24, 2.45) is 5.92 Å². The van der Waals surface area contributed by atoms with E-state index >= 15 is 0 Å². The van der Waals surface area contributed by atoms with Gasteiger partial charge in [0, 0.05) is 42.0 Å². The third-order valence-corrected chi connectivity index (χ3v) is 7.81. The lowest BCUT2D eigenvalue weighted by atomic mass is 9.96. The van der Waals surface area contributed by atoms with Crippen LogP contribution in [0, 0.1) is 12.8 Å². The van der Waals surface area contributed by atoms with Crippen molar-refractivity contribution < 1.29 is 14.3 Å². The molecular weight excluding hydrogens is 442 g/mol. The minimum atomic E-state index is -0.0619. The van der Waals surface area contributed by atoms with Gasteiger partial charge in [0.1, 0.15) is 11.6 Å². The van der Waals surface area contributed by atoms with Crippen molar-refractivity contribution in [3.63, 3.8) is 0 Å². The third kappa shape index (κ3) is 4.98. The molecule has 35 heavy (non-hydrogen) atoms. The van der Waals surface area contributed by atoms with E-state index in [2.05, 4.69) is 25.8 Å². The van der Waals surface area contributed by atoms with Gasteiger partial charge in [0.15, 0.2) is 0 Å². The summed E-state index contributed by atoms with van der Waals surface area (Å²) in [6.45, 7) is 4.61. The fourth-order valence-electron chi connectivity index (χ4n) is 5.91. The Morgan fingerprint density at radius 1 is 1.11 bits per heavy atom. The number of carbonyl (C=O) groups excluding carboxylic acids is 2. The molecule has 0 spiro atoms. The molecule has 8 nitrogen and oxygen atoms in total. The molecule has 3 fully saturated rings. The monoisotopic (exact) mass is 477 g/mol. The zero-order valence-corrected chi connectivity index (χ0v) is 20.5. The summed E-state index contributed by atoms with van der Waals surface area (Å²) in [5.41, 5.74) is 2.13. The van der Waals surface area contributed by atoms with Crippen LogP contribution in [-0.4, -0.2) is 61.7 Å². The summed E-state index contributed by atoms with van der Waals surface area (Å²) in [5, 5.41) is 9.63. The number of hydrogen-bond acceptors (Lipinski definition) is 6. The van der Waals surface area contributed by atoms with E-state index in [1.165, 1.54) is 0 Å². The Kier molecular flexibility index (Phi) is 6.90. The second-order valence-corrected chi connectivity index (χ2v) is 10.0. The molecule has 4 heterocycles. The van der Waals surface area contributed by atoms with Crippen LogP contribution in [0.2, 0.25) is 0 Å². The third-order valence-electron chi connectivity index (χ3n) is 7.81. The fourth-order valence-corrected chi connectivity index (χ4v) is 5.91. The van der Waals surface area contributed by atoms with E-state index < -0.39 is 0 Å². The molecular formula is C27H35N5O3. The van der Waals surface area contributed by atoms with Crippen LogP contribution >= 0.6 is 0 Å². The van der Waals surface area contributed by atoms with Gasteiger partial charge in [-0.15, -0.1) is 0 Å². The number of anilines is 1. The predicted octanol–water partition coefficient (Wildman–Crippen LogP) is 2.67. The van der Waals surface area contributed by atoms with Crippen LogP contribution in [0.25, 0.3) is 0 Å². The van der Waals surface area contributed by atoms with E-state index in [-0.39, 0.29) is 17.9 Å². The van der Waals surface area contributed by atoms with Crippen molar-refractivity contribution in [2.75, 3.05) is 31.6 Å². The maximum absolute atomic E-state index is 13.0. The van der Waals surface area contributed by atoms with E-state index in [1.54, 1.807) is 13.3 Å². The number of carbonyl (C=O) groups is 2. The van der Waals surface area contributed by atoms with E-state index in [1.807, 2.05) is 37.3 Å². The summed E-state index contributed by atoms with van der Waals surface area (Å²) < 4.78 is 5.37. The highest BCUT2D eigenvalue weighted by atomic mass is 16.5. The van der Waals surface area contributed by atoms with Crippen LogP contribution in [0.1, 0.15) is 58.4 Å². The maximum atomic E-state index is 13.0. The van der Waals surface area contributed by atoms with Crippen molar-refractivity contribution in [3.05, 3.63) is 53.2 Å². The number of benzene rings is 1. The van der Waals surface area contributed by atoms with E-state index in [0.717, 1.165) is 62.3 Å².